The Balaban J connectivity index is 1.64. The van der Waals surface area contributed by atoms with Gasteiger partial charge in [0.2, 0.25) is 5.91 Å². The van der Waals surface area contributed by atoms with Gasteiger partial charge in [0.15, 0.2) is 11.0 Å². The summed E-state index contributed by atoms with van der Waals surface area (Å²) in [4.78, 5) is 14.6. The molecule has 1 N–H and O–H groups in total. The van der Waals surface area contributed by atoms with Crippen LogP contribution in [0.4, 0.5) is 11.4 Å². The molecule has 0 atom stereocenters. The summed E-state index contributed by atoms with van der Waals surface area (Å²) < 4.78 is 1.91. The lowest BCUT2D eigenvalue weighted by molar-refractivity contribution is -0.113. The highest BCUT2D eigenvalue weighted by molar-refractivity contribution is 7.99. The summed E-state index contributed by atoms with van der Waals surface area (Å²) >= 11 is 7.53. The van der Waals surface area contributed by atoms with Crippen molar-refractivity contribution < 1.29 is 4.79 Å². The molecule has 6 nitrogen and oxygen atoms in total. The van der Waals surface area contributed by atoms with Gasteiger partial charge in [-0.15, -0.1) is 10.2 Å². The Morgan fingerprint density at radius 1 is 1.13 bits per heavy atom. The highest BCUT2D eigenvalue weighted by Gasteiger charge is 2.14. The Bertz CT molecular complexity index is 1010. The number of hydrogen-bond acceptors (Lipinski definition) is 5. The van der Waals surface area contributed by atoms with Gasteiger partial charge in [0.1, 0.15) is 0 Å². The number of halogens is 1. The van der Waals surface area contributed by atoms with Crippen molar-refractivity contribution in [1.29, 1.82) is 0 Å². The molecule has 0 aliphatic heterocycles. The molecule has 0 radical (unpaired) electrons. The van der Waals surface area contributed by atoms with Gasteiger partial charge in [-0.05, 0) is 62.7 Å². The van der Waals surface area contributed by atoms with Gasteiger partial charge in [-0.2, -0.15) is 0 Å². The Labute approximate surface area is 186 Å². The van der Waals surface area contributed by atoms with Crippen LogP contribution in [0.5, 0.6) is 0 Å². The molecule has 0 unspecified atom stereocenters. The number of thioether (sulfide) groups is 1. The first-order valence-corrected chi connectivity index (χ1v) is 11.2. The number of benzene rings is 2. The van der Waals surface area contributed by atoms with Crippen LogP contribution in [-0.4, -0.2) is 39.5 Å². The van der Waals surface area contributed by atoms with Crippen molar-refractivity contribution in [2.45, 2.75) is 25.9 Å². The molecule has 0 saturated heterocycles. The Kier molecular flexibility index (Phi) is 7.39. The molecular weight excluding hydrogens is 418 g/mol. The quantitative estimate of drug-likeness (QED) is 0.495. The molecule has 0 aliphatic rings. The number of rotatable bonds is 8. The van der Waals surface area contributed by atoms with Crippen molar-refractivity contribution >= 4 is 40.6 Å². The summed E-state index contributed by atoms with van der Waals surface area (Å²) in [6, 6.07) is 13.9. The third-order valence-corrected chi connectivity index (χ3v) is 6.15. The van der Waals surface area contributed by atoms with Crippen LogP contribution in [0.1, 0.15) is 19.4 Å². The smallest absolute Gasteiger partial charge is 0.234 e. The minimum atomic E-state index is -0.140. The first kappa shape index (κ1) is 22.2. The summed E-state index contributed by atoms with van der Waals surface area (Å²) in [5.41, 5.74) is 3.83. The van der Waals surface area contributed by atoms with E-state index in [2.05, 4.69) is 58.5 Å². The number of carbonyl (C=O) groups is 1. The van der Waals surface area contributed by atoms with Crippen LogP contribution in [-0.2, 0) is 11.8 Å². The third-order valence-electron chi connectivity index (χ3n) is 4.82. The van der Waals surface area contributed by atoms with Gasteiger partial charge < -0.3 is 14.8 Å². The molecule has 0 saturated carbocycles. The van der Waals surface area contributed by atoms with Crippen LogP contribution in [0.2, 0.25) is 5.02 Å². The van der Waals surface area contributed by atoms with E-state index < -0.39 is 0 Å². The first-order chi connectivity index (χ1) is 14.4. The highest BCUT2D eigenvalue weighted by atomic mass is 35.5. The average molecular weight is 444 g/mol. The number of amides is 1. The molecule has 3 rings (SSSR count). The molecule has 2 aromatic carbocycles. The highest BCUT2D eigenvalue weighted by Crippen LogP contribution is 2.26. The number of nitrogens with zero attached hydrogens (tertiary/aromatic N) is 4. The van der Waals surface area contributed by atoms with E-state index >= 15 is 0 Å². The van der Waals surface area contributed by atoms with Crippen LogP contribution in [0.15, 0.2) is 47.6 Å². The van der Waals surface area contributed by atoms with Gasteiger partial charge in [0.25, 0.3) is 0 Å². The Morgan fingerprint density at radius 3 is 2.47 bits per heavy atom. The second-order valence-corrected chi connectivity index (χ2v) is 8.25. The number of anilines is 2. The fraction of sp³-hybridized carbons (Fsp3) is 0.318. The van der Waals surface area contributed by atoms with Crippen molar-refractivity contribution in [3.8, 4) is 11.4 Å². The molecule has 0 aliphatic carbocycles. The Morgan fingerprint density at radius 2 is 1.83 bits per heavy atom. The van der Waals surface area contributed by atoms with Crippen molar-refractivity contribution in [3.63, 3.8) is 0 Å². The molecule has 1 heterocycles. The summed E-state index contributed by atoms with van der Waals surface area (Å²) in [6.45, 7) is 8.18. The van der Waals surface area contributed by atoms with E-state index in [1.54, 1.807) is 0 Å². The molecule has 0 fully saturated rings. The number of aromatic nitrogens is 3. The fourth-order valence-electron chi connectivity index (χ4n) is 3.14. The number of carbonyl (C=O) groups excluding carboxylic acids is 1. The van der Waals surface area contributed by atoms with Crippen molar-refractivity contribution in [2.75, 3.05) is 29.1 Å². The maximum Gasteiger partial charge on any atom is 0.234 e. The minimum absolute atomic E-state index is 0.140. The topological polar surface area (TPSA) is 63.1 Å². The summed E-state index contributed by atoms with van der Waals surface area (Å²) in [6.07, 6.45) is 0. The van der Waals surface area contributed by atoms with Crippen LogP contribution in [0.3, 0.4) is 0 Å². The zero-order valence-corrected chi connectivity index (χ0v) is 19.2. The lowest BCUT2D eigenvalue weighted by Gasteiger charge is -2.21. The number of nitrogens with one attached hydrogen (secondary N) is 1. The monoisotopic (exact) mass is 443 g/mol. The van der Waals surface area contributed by atoms with Crippen LogP contribution in [0.25, 0.3) is 11.4 Å². The molecule has 158 valence electrons. The van der Waals surface area contributed by atoms with Gasteiger partial charge in [-0.1, -0.05) is 29.4 Å². The number of aryl methyl sites for hydroxylation is 1. The zero-order chi connectivity index (χ0) is 21.7. The molecule has 1 aromatic heterocycles. The second kappa shape index (κ2) is 10.00. The minimum Gasteiger partial charge on any atom is -0.372 e. The van der Waals surface area contributed by atoms with Gasteiger partial charge in [0.05, 0.1) is 16.5 Å². The lowest BCUT2D eigenvalue weighted by atomic mass is 10.2. The standard InChI is InChI=1S/C22H26ClN5OS/c1-5-28(6-2)17-10-8-16(9-11-17)21-25-26-22(27(21)4)30-14-20(29)24-19-12-7-15(3)13-18(19)23/h7-13H,5-6,14H2,1-4H3,(H,24,29). The van der Waals surface area contributed by atoms with Crippen molar-refractivity contribution in [2.24, 2.45) is 7.05 Å². The second-order valence-electron chi connectivity index (χ2n) is 6.90. The van der Waals surface area contributed by atoms with E-state index in [0.717, 1.165) is 30.0 Å². The third kappa shape index (κ3) is 5.15. The lowest BCUT2D eigenvalue weighted by Crippen LogP contribution is -2.21. The van der Waals surface area contributed by atoms with Crippen molar-refractivity contribution in [1.82, 2.24) is 14.8 Å². The molecular formula is C22H26ClN5OS. The van der Waals surface area contributed by atoms with Gasteiger partial charge >= 0.3 is 0 Å². The van der Waals surface area contributed by atoms with Crippen LogP contribution < -0.4 is 10.2 Å². The summed E-state index contributed by atoms with van der Waals surface area (Å²) in [5.74, 6) is 0.848. The molecule has 0 spiro atoms. The van der Waals surface area contributed by atoms with E-state index in [0.29, 0.717) is 15.9 Å². The van der Waals surface area contributed by atoms with E-state index in [4.69, 9.17) is 11.6 Å². The predicted molar refractivity (Wildman–Crippen MR) is 126 cm³/mol. The molecule has 1 amide bonds. The fourth-order valence-corrected chi connectivity index (χ4v) is 4.13. The first-order valence-electron chi connectivity index (χ1n) is 9.86. The van der Waals surface area contributed by atoms with E-state index in [1.165, 1.54) is 17.4 Å². The molecule has 0 bridgehead atoms. The average Bonchev–Trinajstić information content (AvgIpc) is 3.10. The van der Waals surface area contributed by atoms with Crippen LogP contribution >= 0.6 is 23.4 Å². The summed E-state index contributed by atoms with van der Waals surface area (Å²) in [5, 5.41) is 12.6. The van der Waals surface area contributed by atoms with E-state index in [-0.39, 0.29) is 11.7 Å². The predicted octanol–water partition coefficient (Wildman–Crippen LogP) is 5.02. The summed E-state index contributed by atoms with van der Waals surface area (Å²) in [7, 11) is 1.91. The van der Waals surface area contributed by atoms with Gasteiger partial charge in [0, 0.05) is 31.4 Å². The van der Waals surface area contributed by atoms with Gasteiger partial charge in [-0.25, -0.2) is 0 Å². The van der Waals surface area contributed by atoms with Crippen LogP contribution in [0, 0.1) is 6.92 Å². The van der Waals surface area contributed by atoms with E-state index in [1.807, 2.05) is 36.7 Å². The Hall–Kier alpha value is -2.51. The van der Waals surface area contributed by atoms with Crippen molar-refractivity contribution in [3.05, 3.63) is 53.1 Å². The maximum atomic E-state index is 12.3. The SMILES string of the molecule is CCN(CC)c1ccc(-c2nnc(SCC(=O)Nc3ccc(C)cc3Cl)n2C)cc1. The molecule has 3 aromatic rings. The zero-order valence-electron chi connectivity index (χ0n) is 17.6. The number of hydrogen-bond donors (Lipinski definition) is 1. The molecule has 8 heteroatoms. The molecule has 30 heavy (non-hydrogen) atoms. The maximum absolute atomic E-state index is 12.3. The normalized spacial score (nSPS) is 10.8. The van der Waals surface area contributed by atoms with Gasteiger partial charge in [-0.3, -0.25) is 4.79 Å². The largest absolute Gasteiger partial charge is 0.372 e. The van der Waals surface area contributed by atoms with E-state index in [9.17, 15) is 4.79 Å².